The van der Waals surface area contributed by atoms with Crippen molar-refractivity contribution in [2.45, 2.75) is 0 Å². The van der Waals surface area contributed by atoms with E-state index in [0.29, 0.717) is 0 Å². The summed E-state index contributed by atoms with van der Waals surface area (Å²) >= 11 is 0. The molecular formula is C2KN4O6. The molecule has 1 radical (unpaired) electrons. The average Bonchev–Trinajstić information content (AvgIpc) is 2.30. The van der Waals surface area contributed by atoms with Gasteiger partial charge in [0.1, 0.15) is 0 Å². The molecule has 13 heavy (non-hydrogen) atoms. The first-order chi connectivity index (χ1) is 5.54. The van der Waals surface area contributed by atoms with Gasteiger partial charge in [-0.15, -0.1) is 0 Å². The molecular weight excluding hydrogens is 215 g/mol. The molecule has 11 heteroatoms. The monoisotopic (exact) mass is 215 g/mol. The summed E-state index contributed by atoms with van der Waals surface area (Å²) in [5.41, 5.74) is 0. The van der Waals surface area contributed by atoms with Crippen molar-refractivity contribution in [1.82, 2.24) is 5.16 Å². The molecule has 0 unspecified atom stereocenters. The topological polar surface area (TPSA) is 139 Å². The summed E-state index contributed by atoms with van der Waals surface area (Å²) in [4.78, 5) is 16.9. The van der Waals surface area contributed by atoms with E-state index >= 15 is 0 Å². The Bertz CT molecular complexity index is 346. The molecule has 0 aliphatic carbocycles. The van der Waals surface area contributed by atoms with Crippen molar-refractivity contribution in [3.63, 3.8) is 0 Å². The number of nitrogens with zero attached hydrogens (tertiary/aromatic N) is 4. The number of rotatable bonds is 2. The molecule has 0 bridgehead atoms. The standard InChI is InChI=1S/C2N4O6.K/c7-4(8)1-2(5(9)10)6(11)12-3-1;. The molecule has 65 valence electrons. The molecule has 0 amide bonds. The number of hydrogen-bond donors (Lipinski definition) is 0. The predicted molar refractivity (Wildman–Crippen MR) is 34.5 cm³/mol. The Morgan fingerprint density at radius 3 is 2.15 bits per heavy atom. The molecule has 0 fully saturated rings. The van der Waals surface area contributed by atoms with Gasteiger partial charge in [-0.3, -0.25) is 0 Å². The Labute approximate surface area is 112 Å². The third kappa shape index (κ3) is 2.41. The van der Waals surface area contributed by atoms with Crippen LogP contribution in [0.15, 0.2) is 4.63 Å². The summed E-state index contributed by atoms with van der Waals surface area (Å²) in [5, 5.41) is 32.9. The maximum absolute atomic E-state index is 10.3. The average molecular weight is 215 g/mol. The van der Waals surface area contributed by atoms with Crippen molar-refractivity contribution in [3.05, 3.63) is 25.4 Å². The van der Waals surface area contributed by atoms with Crippen molar-refractivity contribution in [2.24, 2.45) is 0 Å². The van der Waals surface area contributed by atoms with Gasteiger partial charge in [0.15, 0.2) is 5.16 Å². The third-order valence-corrected chi connectivity index (χ3v) is 0.920. The van der Waals surface area contributed by atoms with E-state index in [-0.39, 0.29) is 51.4 Å². The molecule has 10 nitrogen and oxygen atoms in total. The van der Waals surface area contributed by atoms with Crippen LogP contribution in [0.4, 0.5) is 11.6 Å². The van der Waals surface area contributed by atoms with Crippen molar-refractivity contribution in [2.75, 3.05) is 0 Å². The molecule has 0 saturated heterocycles. The second kappa shape index (κ2) is 4.57. The molecule has 0 N–H and O–H groups in total. The van der Waals surface area contributed by atoms with Gasteiger partial charge in [-0.1, -0.05) is 0 Å². The Morgan fingerprint density at radius 2 is 1.85 bits per heavy atom. The van der Waals surface area contributed by atoms with Crippen molar-refractivity contribution < 1.29 is 19.4 Å². The zero-order valence-electron chi connectivity index (χ0n) is 6.24. The van der Waals surface area contributed by atoms with Gasteiger partial charge < -0.3 is 25.4 Å². The van der Waals surface area contributed by atoms with Crippen LogP contribution in [0.1, 0.15) is 0 Å². The Balaban J connectivity index is 0.00000144. The maximum Gasteiger partial charge on any atom is 0.545 e. The fraction of sp³-hybridized carbons (Fsp3) is 0. The van der Waals surface area contributed by atoms with Gasteiger partial charge >= 0.3 is 11.6 Å². The first-order valence-electron chi connectivity index (χ1n) is 2.42. The second-order valence-electron chi connectivity index (χ2n) is 1.59. The van der Waals surface area contributed by atoms with E-state index in [9.17, 15) is 25.4 Å². The molecule has 1 rings (SSSR count). The summed E-state index contributed by atoms with van der Waals surface area (Å²) in [6, 6.07) is 0. The van der Waals surface area contributed by atoms with Crippen LogP contribution >= 0.6 is 0 Å². The molecule has 1 aromatic heterocycles. The van der Waals surface area contributed by atoms with E-state index in [2.05, 4.69) is 9.79 Å². The number of hydrogen-bond acceptors (Lipinski definition) is 7. The molecule has 0 aromatic carbocycles. The van der Waals surface area contributed by atoms with Crippen LogP contribution < -0.4 is 4.90 Å². The van der Waals surface area contributed by atoms with Gasteiger partial charge in [-0.25, -0.2) is 0 Å². The quantitative estimate of drug-likeness (QED) is 0.259. The van der Waals surface area contributed by atoms with Crippen LogP contribution in [0.25, 0.3) is 0 Å². The van der Waals surface area contributed by atoms with Gasteiger partial charge in [0, 0.05) is 56.3 Å². The molecule has 0 spiro atoms. The summed E-state index contributed by atoms with van der Waals surface area (Å²) in [7, 11) is 0. The first-order valence-corrected chi connectivity index (χ1v) is 2.42. The van der Waals surface area contributed by atoms with E-state index < -0.39 is 26.4 Å². The van der Waals surface area contributed by atoms with E-state index in [4.69, 9.17) is 0 Å². The minimum absolute atomic E-state index is 0. The van der Waals surface area contributed by atoms with Gasteiger partial charge in [0.05, 0.1) is 4.90 Å². The third-order valence-electron chi connectivity index (χ3n) is 0.920. The Kier molecular flexibility index (Phi) is 4.35. The smallest absolute Gasteiger partial charge is 0.357 e. The van der Waals surface area contributed by atoms with E-state index in [1.165, 1.54) is 0 Å². The predicted octanol–water partition coefficient (Wildman–Crippen LogP) is -1.26. The molecule has 0 aliphatic heterocycles. The molecule has 0 saturated carbocycles. The summed E-state index contributed by atoms with van der Waals surface area (Å²) in [6.07, 6.45) is 0. The van der Waals surface area contributed by atoms with Crippen LogP contribution in [-0.2, 0) is 0 Å². The molecule has 1 aromatic rings. The SMILES string of the molecule is O=[N+]([O-])c1no[n+]([O-])c1[N+](=O)[O-].[K]. The van der Waals surface area contributed by atoms with Crippen molar-refractivity contribution in [1.29, 1.82) is 0 Å². The first kappa shape index (κ1) is 12.4. The summed E-state index contributed by atoms with van der Waals surface area (Å²) in [5.74, 6) is -2.55. The van der Waals surface area contributed by atoms with E-state index in [1.807, 2.05) is 0 Å². The van der Waals surface area contributed by atoms with E-state index in [1.54, 1.807) is 0 Å². The summed E-state index contributed by atoms with van der Waals surface area (Å²) < 4.78 is 3.65. The van der Waals surface area contributed by atoms with Crippen LogP contribution in [0.5, 0.6) is 0 Å². The Hall–Kier alpha value is -0.624. The molecule has 1 heterocycles. The zero-order valence-corrected chi connectivity index (χ0v) is 9.36. The second-order valence-corrected chi connectivity index (χ2v) is 1.59. The number of nitro groups is 2. The van der Waals surface area contributed by atoms with Gasteiger partial charge in [0.25, 0.3) is 0 Å². The fourth-order valence-corrected chi connectivity index (χ4v) is 0.500. The largest absolute Gasteiger partial charge is 0.545 e. The van der Waals surface area contributed by atoms with Gasteiger partial charge in [-0.2, -0.15) is 4.63 Å². The van der Waals surface area contributed by atoms with Crippen molar-refractivity contribution in [3.8, 4) is 0 Å². The zero-order chi connectivity index (χ0) is 9.30. The minimum atomic E-state index is -1.33. The van der Waals surface area contributed by atoms with Crippen molar-refractivity contribution >= 4 is 63.0 Å². The van der Waals surface area contributed by atoms with Crippen LogP contribution in [0.3, 0.4) is 0 Å². The minimum Gasteiger partial charge on any atom is -0.357 e. The molecule has 0 aliphatic rings. The fourth-order valence-electron chi connectivity index (χ4n) is 0.500. The van der Waals surface area contributed by atoms with Crippen LogP contribution in [-0.4, -0.2) is 66.4 Å². The maximum atomic E-state index is 10.3. The normalized spacial score (nSPS) is 8.92. The van der Waals surface area contributed by atoms with Gasteiger partial charge in [-0.05, 0) is 4.92 Å². The Morgan fingerprint density at radius 1 is 1.31 bits per heavy atom. The van der Waals surface area contributed by atoms with Crippen LogP contribution in [0, 0.1) is 25.4 Å². The summed E-state index contributed by atoms with van der Waals surface area (Å²) in [6.45, 7) is 0. The molecule has 0 atom stereocenters. The van der Waals surface area contributed by atoms with E-state index in [0.717, 1.165) is 0 Å². The number of aromatic nitrogens is 2. The van der Waals surface area contributed by atoms with Crippen LogP contribution in [0.2, 0.25) is 0 Å². The van der Waals surface area contributed by atoms with Gasteiger partial charge in [0.2, 0.25) is 0 Å².